The van der Waals surface area contributed by atoms with Crippen molar-refractivity contribution >= 4 is 17.9 Å². The highest BCUT2D eigenvalue weighted by Gasteiger charge is 2.54. The summed E-state index contributed by atoms with van der Waals surface area (Å²) in [6, 6.07) is 0. The standard InChI is InChI=1S/C19H33N3O4/c1-9-10-14-11-22(16(25)26-18(6,7)8)12-19(14,20-13(2)23)15(24)21-17(3,4)5/h9,14H,1,10-12H2,2-8H3,(H,20,23)(H,21,24)/t14-,19-/m0/s1. The molecule has 0 aromatic heterocycles. The molecule has 1 rings (SSSR count). The van der Waals surface area contributed by atoms with E-state index >= 15 is 0 Å². The molecule has 148 valence electrons. The Morgan fingerprint density at radius 2 is 1.81 bits per heavy atom. The van der Waals surface area contributed by atoms with Crippen molar-refractivity contribution < 1.29 is 19.1 Å². The van der Waals surface area contributed by atoms with Crippen LogP contribution in [0.1, 0.15) is 54.9 Å². The summed E-state index contributed by atoms with van der Waals surface area (Å²) in [6.07, 6.45) is 1.68. The SMILES string of the molecule is C=CC[C@H]1CN(C(=O)OC(C)(C)C)C[C@@]1(NC(C)=O)C(=O)NC(C)(C)C. The van der Waals surface area contributed by atoms with Crippen LogP contribution in [0.3, 0.4) is 0 Å². The molecule has 26 heavy (non-hydrogen) atoms. The molecule has 1 aliphatic heterocycles. The number of carbonyl (C=O) groups is 3. The molecule has 0 aliphatic carbocycles. The first-order chi connectivity index (χ1) is 11.7. The molecule has 1 aliphatic rings. The molecule has 2 atom stereocenters. The molecule has 0 unspecified atom stereocenters. The summed E-state index contributed by atoms with van der Waals surface area (Å²) in [4.78, 5) is 39.0. The van der Waals surface area contributed by atoms with E-state index in [1.165, 1.54) is 11.8 Å². The Morgan fingerprint density at radius 3 is 2.23 bits per heavy atom. The van der Waals surface area contributed by atoms with Crippen molar-refractivity contribution in [3.63, 3.8) is 0 Å². The van der Waals surface area contributed by atoms with Crippen LogP contribution in [-0.4, -0.2) is 52.6 Å². The van der Waals surface area contributed by atoms with Gasteiger partial charge in [0.05, 0.1) is 6.54 Å². The third-order valence-electron chi connectivity index (χ3n) is 3.97. The molecule has 1 heterocycles. The van der Waals surface area contributed by atoms with Crippen molar-refractivity contribution in [2.24, 2.45) is 5.92 Å². The van der Waals surface area contributed by atoms with E-state index in [0.717, 1.165) is 0 Å². The first-order valence-electron chi connectivity index (χ1n) is 8.90. The topological polar surface area (TPSA) is 87.7 Å². The number of nitrogens with one attached hydrogen (secondary N) is 2. The zero-order chi connectivity index (χ0) is 20.3. The number of hydrogen-bond acceptors (Lipinski definition) is 4. The summed E-state index contributed by atoms with van der Waals surface area (Å²) in [7, 11) is 0. The van der Waals surface area contributed by atoms with Gasteiger partial charge in [-0.1, -0.05) is 6.08 Å². The molecular weight excluding hydrogens is 334 g/mol. The molecular formula is C19H33N3O4. The predicted octanol–water partition coefficient (Wildman–Crippen LogP) is 2.22. The van der Waals surface area contributed by atoms with Gasteiger partial charge in [0.1, 0.15) is 11.1 Å². The Labute approximate surface area is 156 Å². The molecule has 7 nitrogen and oxygen atoms in total. The number of hydrogen-bond donors (Lipinski definition) is 2. The molecule has 0 radical (unpaired) electrons. The average Bonchev–Trinajstić information content (AvgIpc) is 2.75. The highest BCUT2D eigenvalue weighted by atomic mass is 16.6. The smallest absolute Gasteiger partial charge is 0.410 e. The summed E-state index contributed by atoms with van der Waals surface area (Å²) in [5.74, 6) is -0.925. The van der Waals surface area contributed by atoms with Crippen LogP contribution < -0.4 is 10.6 Å². The monoisotopic (exact) mass is 367 g/mol. The van der Waals surface area contributed by atoms with Crippen LogP contribution in [-0.2, 0) is 14.3 Å². The second-order valence-electron chi connectivity index (χ2n) is 8.94. The fraction of sp³-hybridized carbons (Fsp3) is 0.737. The van der Waals surface area contributed by atoms with Gasteiger partial charge in [-0.05, 0) is 48.0 Å². The highest BCUT2D eigenvalue weighted by molar-refractivity contribution is 5.93. The Bertz CT molecular complexity index is 574. The van der Waals surface area contributed by atoms with E-state index in [2.05, 4.69) is 17.2 Å². The number of carbonyl (C=O) groups excluding carboxylic acids is 3. The third-order valence-corrected chi connectivity index (χ3v) is 3.97. The molecule has 0 saturated carbocycles. The molecule has 7 heteroatoms. The first kappa shape index (κ1) is 22.0. The van der Waals surface area contributed by atoms with Gasteiger partial charge >= 0.3 is 6.09 Å². The zero-order valence-electron chi connectivity index (χ0n) is 17.1. The van der Waals surface area contributed by atoms with Gasteiger partial charge in [-0.2, -0.15) is 0 Å². The number of allylic oxidation sites excluding steroid dienone is 1. The number of rotatable bonds is 4. The summed E-state index contributed by atoms with van der Waals surface area (Å²) in [6.45, 7) is 16.5. The number of likely N-dealkylation sites (tertiary alicyclic amines) is 1. The van der Waals surface area contributed by atoms with E-state index in [0.29, 0.717) is 13.0 Å². The molecule has 0 spiro atoms. The van der Waals surface area contributed by atoms with E-state index in [1.807, 2.05) is 20.8 Å². The van der Waals surface area contributed by atoms with Crippen molar-refractivity contribution in [1.82, 2.24) is 15.5 Å². The van der Waals surface area contributed by atoms with Crippen LogP contribution in [0.5, 0.6) is 0 Å². The Hall–Kier alpha value is -2.05. The number of amides is 3. The fourth-order valence-corrected chi connectivity index (χ4v) is 3.08. The lowest BCUT2D eigenvalue weighted by Gasteiger charge is -2.36. The van der Waals surface area contributed by atoms with Crippen molar-refractivity contribution in [2.45, 2.75) is 71.6 Å². The molecule has 0 bridgehead atoms. The zero-order valence-corrected chi connectivity index (χ0v) is 17.1. The molecule has 0 aromatic rings. The number of nitrogens with zero attached hydrogens (tertiary/aromatic N) is 1. The fourth-order valence-electron chi connectivity index (χ4n) is 3.08. The van der Waals surface area contributed by atoms with Crippen LogP contribution in [0.4, 0.5) is 4.79 Å². The van der Waals surface area contributed by atoms with E-state index in [4.69, 9.17) is 4.74 Å². The van der Waals surface area contributed by atoms with Gasteiger partial charge in [-0.25, -0.2) is 4.79 Å². The van der Waals surface area contributed by atoms with Gasteiger partial charge in [0.15, 0.2) is 0 Å². The van der Waals surface area contributed by atoms with Gasteiger partial charge < -0.3 is 20.3 Å². The van der Waals surface area contributed by atoms with Gasteiger partial charge in [-0.3, -0.25) is 9.59 Å². The lowest BCUT2D eigenvalue weighted by molar-refractivity contribution is -0.135. The van der Waals surface area contributed by atoms with E-state index in [9.17, 15) is 14.4 Å². The highest BCUT2D eigenvalue weighted by Crippen LogP contribution is 2.33. The maximum Gasteiger partial charge on any atom is 0.410 e. The lowest BCUT2D eigenvalue weighted by atomic mass is 9.83. The Kier molecular flexibility index (Phi) is 6.49. The van der Waals surface area contributed by atoms with Gasteiger partial charge in [0.25, 0.3) is 0 Å². The van der Waals surface area contributed by atoms with Crippen LogP contribution >= 0.6 is 0 Å². The van der Waals surface area contributed by atoms with Crippen LogP contribution in [0.25, 0.3) is 0 Å². The maximum absolute atomic E-state index is 13.1. The molecule has 1 saturated heterocycles. The minimum atomic E-state index is -1.22. The quantitative estimate of drug-likeness (QED) is 0.746. The van der Waals surface area contributed by atoms with Crippen LogP contribution in [0.2, 0.25) is 0 Å². The van der Waals surface area contributed by atoms with Gasteiger partial charge in [0, 0.05) is 24.9 Å². The normalized spacial score (nSPS) is 23.3. The van der Waals surface area contributed by atoms with Crippen LogP contribution in [0.15, 0.2) is 12.7 Å². The van der Waals surface area contributed by atoms with Gasteiger partial charge in [0.2, 0.25) is 11.8 Å². The van der Waals surface area contributed by atoms with E-state index in [1.54, 1.807) is 26.8 Å². The van der Waals surface area contributed by atoms with Crippen molar-refractivity contribution in [3.05, 3.63) is 12.7 Å². The molecule has 0 aromatic carbocycles. The van der Waals surface area contributed by atoms with Gasteiger partial charge in [-0.15, -0.1) is 6.58 Å². The van der Waals surface area contributed by atoms with E-state index < -0.39 is 22.8 Å². The molecule has 3 amide bonds. The van der Waals surface area contributed by atoms with Crippen molar-refractivity contribution in [3.8, 4) is 0 Å². The second-order valence-corrected chi connectivity index (χ2v) is 8.94. The second kappa shape index (κ2) is 7.68. The largest absolute Gasteiger partial charge is 0.444 e. The van der Waals surface area contributed by atoms with Crippen molar-refractivity contribution in [1.29, 1.82) is 0 Å². The summed E-state index contributed by atoms with van der Waals surface area (Å²) in [5.41, 5.74) is -2.33. The summed E-state index contributed by atoms with van der Waals surface area (Å²) < 4.78 is 5.44. The lowest BCUT2D eigenvalue weighted by Crippen LogP contribution is -2.65. The predicted molar refractivity (Wildman–Crippen MR) is 101 cm³/mol. The van der Waals surface area contributed by atoms with E-state index in [-0.39, 0.29) is 24.3 Å². The first-order valence-corrected chi connectivity index (χ1v) is 8.90. The summed E-state index contributed by atoms with van der Waals surface area (Å²) in [5, 5.41) is 5.75. The Balaban J connectivity index is 3.22. The minimum Gasteiger partial charge on any atom is -0.444 e. The average molecular weight is 367 g/mol. The van der Waals surface area contributed by atoms with Crippen LogP contribution in [0, 0.1) is 5.92 Å². The third kappa shape index (κ3) is 5.75. The minimum absolute atomic E-state index is 0.0575. The van der Waals surface area contributed by atoms with Crippen molar-refractivity contribution in [2.75, 3.05) is 13.1 Å². The number of ether oxygens (including phenoxy) is 1. The summed E-state index contributed by atoms with van der Waals surface area (Å²) >= 11 is 0. The molecule has 2 N–H and O–H groups in total. The Morgan fingerprint density at radius 1 is 1.23 bits per heavy atom. The maximum atomic E-state index is 13.1. The molecule has 1 fully saturated rings.